The van der Waals surface area contributed by atoms with E-state index in [9.17, 15) is 0 Å². The van der Waals surface area contributed by atoms with Gasteiger partial charge in [-0.15, -0.1) is 0 Å². The summed E-state index contributed by atoms with van der Waals surface area (Å²) in [7, 11) is 1.68. The lowest BCUT2D eigenvalue weighted by molar-refractivity contribution is 0.210. The van der Waals surface area contributed by atoms with Crippen molar-refractivity contribution in [1.82, 2.24) is 14.9 Å². The molecule has 0 atom stereocenters. The Balaban J connectivity index is 1.49. The molecule has 1 aliphatic rings. The highest BCUT2D eigenvalue weighted by Gasteiger charge is 2.20. The third-order valence-electron chi connectivity index (χ3n) is 5.10. The predicted molar refractivity (Wildman–Crippen MR) is 112 cm³/mol. The molecule has 0 spiro atoms. The van der Waals surface area contributed by atoms with Crippen LogP contribution in [0.3, 0.4) is 0 Å². The first kappa shape index (κ1) is 20.4. The lowest BCUT2D eigenvalue weighted by atomic mass is 10.0. The van der Waals surface area contributed by atoms with Gasteiger partial charge in [0.1, 0.15) is 0 Å². The lowest BCUT2D eigenvalue weighted by Crippen LogP contribution is -2.39. The smallest absolute Gasteiger partial charge is 0.222 e. The Morgan fingerprint density at radius 1 is 1.07 bits per heavy atom. The molecule has 1 N–H and O–H groups in total. The third kappa shape index (κ3) is 5.58. The van der Waals surface area contributed by atoms with Crippen molar-refractivity contribution in [3.05, 3.63) is 41.7 Å². The Kier molecular flexibility index (Phi) is 7.48. The van der Waals surface area contributed by atoms with Crippen LogP contribution in [0.25, 0.3) is 0 Å². The Hall–Kier alpha value is -2.34. The second kappa shape index (κ2) is 10.3. The maximum absolute atomic E-state index is 5.70. The van der Waals surface area contributed by atoms with Crippen molar-refractivity contribution in [3.63, 3.8) is 0 Å². The average Bonchev–Trinajstić information content (AvgIpc) is 2.72. The number of benzene rings is 1. The Morgan fingerprint density at radius 3 is 2.46 bits per heavy atom. The van der Waals surface area contributed by atoms with E-state index in [0.29, 0.717) is 12.6 Å². The number of piperidine rings is 1. The Labute approximate surface area is 168 Å². The molecular formula is C22H32N4O2. The maximum Gasteiger partial charge on any atom is 0.222 e. The number of hydrogen-bond donors (Lipinski definition) is 1. The van der Waals surface area contributed by atoms with Gasteiger partial charge < -0.3 is 14.8 Å². The van der Waals surface area contributed by atoms with E-state index in [1.54, 1.807) is 7.11 Å². The fraction of sp³-hybridized carbons (Fsp3) is 0.545. The van der Waals surface area contributed by atoms with Gasteiger partial charge in [-0.3, -0.25) is 4.90 Å². The maximum atomic E-state index is 5.70. The number of aromatic nitrogens is 2. The second-order valence-electron chi connectivity index (χ2n) is 7.28. The van der Waals surface area contributed by atoms with Crippen LogP contribution in [-0.2, 0) is 13.0 Å². The minimum atomic E-state index is 0.433. The quantitative estimate of drug-likeness (QED) is 0.707. The first-order valence-corrected chi connectivity index (χ1v) is 10.3. The lowest BCUT2D eigenvalue weighted by Gasteiger charge is -2.32. The largest absolute Gasteiger partial charge is 0.493 e. The van der Waals surface area contributed by atoms with E-state index >= 15 is 0 Å². The summed E-state index contributed by atoms with van der Waals surface area (Å²) < 4.78 is 11.1. The molecule has 1 aromatic heterocycles. The van der Waals surface area contributed by atoms with E-state index in [0.717, 1.165) is 62.8 Å². The minimum Gasteiger partial charge on any atom is -0.493 e. The van der Waals surface area contributed by atoms with Crippen molar-refractivity contribution in [2.24, 2.45) is 0 Å². The Bertz CT molecular complexity index is 728. The monoisotopic (exact) mass is 384 g/mol. The van der Waals surface area contributed by atoms with Crippen LogP contribution in [0.2, 0.25) is 0 Å². The molecule has 1 aromatic carbocycles. The van der Waals surface area contributed by atoms with Crippen molar-refractivity contribution in [2.45, 2.75) is 52.1 Å². The zero-order valence-corrected chi connectivity index (χ0v) is 17.3. The molecule has 1 fully saturated rings. The number of anilines is 1. The van der Waals surface area contributed by atoms with Crippen LogP contribution in [-0.4, -0.2) is 47.7 Å². The molecule has 2 heterocycles. The number of aryl methyl sites for hydroxylation is 1. The average molecular weight is 385 g/mol. The molecule has 0 saturated carbocycles. The standard InChI is InChI=1S/C22H32N4O2/c1-4-6-18-14-23-22(24-15-18)25-19-9-11-26(12-10-19)16-17-7-8-20(27-3)21(13-17)28-5-2/h7-8,13-15,19H,4-6,9-12,16H2,1-3H3,(H,23,24,25). The molecule has 0 bridgehead atoms. The topological polar surface area (TPSA) is 59.5 Å². The molecule has 6 nitrogen and oxygen atoms in total. The minimum absolute atomic E-state index is 0.433. The summed E-state index contributed by atoms with van der Waals surface area (Å²) in [5.41, 5.74) is 2.46. The predicted octanol–water partition coefficient (Wildman–Crippen LogP) is 3.91. The fourth-order valence-electron chi connectivity index (χ4n) is 3.61. The van der Waals surface area contributed by atoms with Gasteiger partial charge in [-0.25, -0.2) is 9.97 Å². The molecule has 2 aromatic rings. The number of methoxy groups -OCH3 is 1. The highest BCUT2D eigenvalue weighted by atomic mass is 16.5. The molecule has 152 valence electrons. The summed E-state index contributed by atoms with van der Waals surface area (Å²) in [5.74, 6) is 2.36. The normalized spacial score (nSPS) is 15.4. The summed E-state index contributed by atoms with van der Waals surface area (Å²) in [6.45, 7) is 7.84. The van der Waals surface area contributed by atoms with Gasteiger partial charge >= 0.3 is 0 Å². The molecule has 3 rings (SSSR count). The summed E-state index contributed by atoms with van der Waals surface area (Å²) in [5, 5.41) is 3.49. The highest BCUT2D eigenvalue weighted by molar-refractivity contribution is 5.43. The molecule has 6 heteroatoms. The number of ether oxygens (including phenoxy) is 2. The number of hydrogen-bond acceptors (Lipinski definition) is 6. The molecule has 0 amide bonds. The zero-order chi connectivity index (χ0) is 19.8. The summed E-state index contributed by atoms with van der Waals surface area (Å²) in [4.78, 5) is 11.4. The number of rotatable bonds is 9. The van der Waals surface area contributed by atoms with Gasteiger partial charge in [0, 0.05) is 38.1 Å². The second-order valence-corrected chi connectivity index (χ2v) is 7.28. The summed E-state index contributed by atoms with van der Waals surface area (Å²) in [6.07, 6.45) is 8.22. The van der Waals surface area contributed by atoms with Crippen LogP contribution in [0.15, 0.2) is 30.6 Å². The first-order chi connectivity index (χ1) is 13.7. The molecule has 28 heavy (non-hydrogen) atoms. The number of likely N-dealkylation sites (tertiary alicyclic amines) is 1. The Morgan fingerprint density at radius 2 is 1.82 bits per heavy atom. The van der Waals surface area contributed by atoms with Crippen LogP contribution in [0, 0.1) is 0 Å². The molecule has 1 saturated heterocycles. The molecular weight excluding hydrogens is 352 g/mol. The van der Waals surface area contributed by atoms with Crippen LogP contribution < -0.4 is 14.8 Å². The van der Waals surface area contributed by atoms with Gasteiger partial charge in [0.05, 0.1) is 13.7 Å². The van der Waals surface area contributed by atoms with Crippen molar-refractivity contribution in [2.75, 3.05) is 32.1 Å². The molecule has 1 aliphatic heterocycles. The van der Waals surface area contributed by atoms with Gasteiger partial charge in [-0.2, -0.15) is 0 Å². The fourth-order valence-corrected chi connectivity index (χ4v) is 3.61. The zero-order valence-electron chi connectivity index (χ0n) is 17.3. The van der Waals surface area contributed by atoms with Crippen LogP contribution in [0.5, 0.6) is 11.5 Å². The number of nitrogens with zero attached hydrogens (tertiary/aromatic N) is 3. The van der Waals surface area contributed by atoms with E-state index in [-0.39, 0.29) is 0 Å². The summed E-state index contributed by atoms with van der Waals surface area (Å²) >= 11 is 0. The van der Waals surface area contributed by atoms with Crippen molar-refractivity contribution < 1.29 is 9.47 Å². The van der Waals surface area contributed by atoms with Crippen LogP contribution in [0.4, 0.5) is 5.95 Å². The molecule has 0 radical (unpaired) electrons. The van der Waals surface area contributed by atoms with Gasteiger partial charge in [0.25, 0.3) is 0 Å². The third-order valence-corrected chi connectivity index (χ3v) is 5.10. The molecule has 0 unspecified atom stereocenters. The van der Waals surface area contributed by atoms with Gasteiger partial charge in [0.2, 0.25) is 5.95 Å². The van der Waals surface area contributed by atoms with E-state index < -0.39 is 0 Å². The van der Waals surface area contributed by atoms with Gasteiger partial charge in [-0.1, -0.05) is 19.4 Å². The van der Waals surface area contributed by atoms with Crippen molar-refractivity contribution in [3.8, 4) is 11.5 Å². The van der Waals surface area contributed by atoms with Gasteiger partial charge in [-0.05, 0) is 49.4 Å². The first-order valence-electron chi connectivity index (χ1n) is 10.3. The van der Waals surface area contributed by atoms with Gasteiger partial charge in [0.15, 0.2) is 11.5 Å². The highest BCUT2D eigenvalue weighted by Crippen LogP contribution is 2.29. The van der Waals surface area contributed by atoms with E-state index in [1.165, 1.54) is 11.1 Å². The summed E-state index contributed by atoms with van der Waals surface area (Å²) in [6, 6.07) is 6.65. The van der Waals surface area contributed by atoms with Crippen LogP contribution >= 0.6 is 0 Å². The van der Waals surface area contributed by atoms with E-state index in [1.807, 2.05) is 25.4 Å². The van der Waals surface area contributed by atoms with Crippen molar-refractivity contribution in [1.29, 1.82) is 0 Å². The van der Waals surface area contributed by atoms with Crippen molar-refractivity contribution >= 4 is 5.95 Å². The van der Waals surface area contributed by atoms with Crippen LogP contribution in [0.1, 0.15) is 44.2 Å². The SMILES string of the molecule is CCCc1cnc(NC2CCN(Cc3ccc(OC)c(OCC)c3)CC2)nc1. The van der Waals surface area contributed by atoms with E-state index in [2.05, 4.69) is 39.2 Å². The van der Waals surface area contributed by atoms with E-state index in [4.69, 9.17) is 9.47 Å². The number of nitrogens with one attached hydrogen (secondary N) is 1. The molecule has 0 aliphatic carbocycles.